The molecule has 2 amide bonds. The Morgan fingerprint density at radius 3 is 2.15 bits per heavy atom. The maximum Gasteiger partial charge on any atom is 0.255 e. The number of rotatable bonds is 7. The molecule has 0 aliphatic heterocycles. The lowest BCUT2D eigenvalue weighted by atomic mass is 10.0. The Morgan fingerprint density at radius 1 is 0.963 bits per heavy atom. The van der Waals surface area contributed by atoms with E-state index < -0.39 is 23.8 Å². The molecule has 7 heteroatoms. The van der Waals surface area contributed by atoms with E-state index in [4.69, 9.17) is 4.74 Å². The molecule has 27 heavy (non-hydrogen) atoms. The number of anilines is 1. The summed E-state index contributed by atoms with van der Waals surface area (Å²) in [5.74, 6) is -2.10. The van der Waals surface area contributed by atoms with Crippen molar-refractivity contribution >= 4 is 23.5 Å². The molecule has 0 aliphatic rings. The number of hydrogen-bond acceptors (Lipinski definition) is 5. The summed E-state index contributed by atoms with van der Waals surface area (Å²) in [4.78, 5) is 36.2. The van der Waals surface area contributed by atoms with Gasteiger partial charge in [0.15, 0.2) is 0 Å². The summed E-state index contributed by atoms with van der Waals surface area (Å²) < 4.78 is 5.06. The number of amides is 2. The number of methoxy groups -OCH3 is 1. The Kier molecular flexibility index (Phi) is 6.54. The summed E-state index contributed by atoms with van der Waals surface area (Å²) in [6.45, 7) is 3.33. The SMILES string of the molecule is COc1ccc(C(=O)Nc2ccccc2C(=O)N[C@H](C(=O)[O-])C(C)C)cc1. The van der Waals surface area contributed by atoms with Gasteiger partial charge in [0.2, 0.25) is 0 Å². The van der Waals surface area contributed by atoms with Crippen LogP contribution in [0.15, 0.2) is 48.5 Å². The monoisotopic (exact) mass is 369 g/mol. The van der Waals surface area contributed by atoms with E-state index in [1.54, 1.807) is 56.3 Å². The number of carbonyl (C=O) groups excluding carboxylic acids is 3. The molecule has 0 aliphatic carbocycles. The summed E-state index contributed by atoms with van der Waals surface area (Å²) in [6.07, 6.45) is 0. The molecule has 0 radical (unpaired) electrons. The van der Waals surface area contributed by atoms with Crippen molar-refractivity contribution in [3.63, 3.8) is 0 Å². The predicted molar refractivity (Wildman–Crippen MR) is 98.5 cm³/mol. The Bertz CT molecular complexity index is 831. The van der Waals surface area contributed by atoms with Crippen molar-refractivity contribution < 1.29 is 24.2 Å². The summed E-state index contributed by atoms with van der Waals surface area (Å²) in [5.41, 5.74) is 0.823. The number of hydrogen-bond donors (Lipinski definition) is 2. The molecule has 0 heterocycles. The van der Waals surface area contributed by atoms with Crippen LogP contribution in [-0.4, -0.2) is 30.9 Å². The normalized spacial score (nSPS) is 11.6. The van der Waals surface area contributed by atoms with Crippen molar-refractivity contribution in [3.8, 4) is 5.75 Å². The minimum absolute atomic E-state index is 0.159. The van der Waals surface area contributed by atoms with Gasteiger partial charge in [0.05, 0.1) is 30.4 Å². The minimum Gasteiger partial charge on any atom is -0.548 e. The molecule has 0 saturated heterocycles. The summed E-state index contributed by atoms with van der Waals surface area (Å²) in [6, 6.07) is 11.7. The lowest BCUT2D eigenvalue weighted by Crippen LogP contribution is -2.50. The van der Waals surface area contributed by atoms with Crippen LogP contribution in [0.2, 0.25) is 0 Å². The van der Waals surface area contributed by atoms with E-state index >= 15 is 0 Å². The molecule has 0 spiro atoms. The quantitative estimate of drug-likeness (QED) is 0.768. The highest BCUT2D eigenvalue weighted by Gasteiger charge is 2.20. The number of nitrogens with one attached hydrogen (secondary N) is 2. The molecule has 0 fully saturated rings. The first kappa shape index (κ1) is 20.0. The van der Waals surface area contributed by atoms with Gasteiger partial charge >= 0.3 is 0 Å². The lowest BCUT2D eigenvalue weighted by Gasteiger charge is -2.23. The van der Waals surface area contributed by atoms with E-state index in [0.717, 1.165) is 0 Å². The average molecular weight is 369 g/mol. The molecular weight excluding hydrogens is 348 g/mol. The van der Waals surface area contributed by atoms with Gasteiger partial charge in [0.25, 0.3) is 11.8 Å². The second-order valence-electron chi connectivity index (χ2n) is 6.24. The van der Waals surface area contributed by atoms with Crippen molar-refractivity contribution in [3.05, 3.63) is 59.7 Å². The zero-order chi connectivity index (χ0) is 20.0. The van der Waals surface area contributed by atoms with Crippen LogP contribution in [0.5, 0.6) is 5.75 Å². The van der Waals surface area contributed by atoms with Crippen LogP contribution in [0.3, 0.4) is 0 Å². The maximum atomic E-state index is 12.5. The zero-order valence-corrected chi connectivity index (χ0v) is 15.3. The fraction of sp³-hybridized carbons (Fsp3) is 0.250. The number of benzene rings is 2. The smallest absolute Gasteiger partial charge is 0.255 e. The zero-order valence-electron chi connectivity index (χ0n) is 15.3. The fourth-order valence-corrected chi connectivity index (χ4v) is 2.44. The average Bonchev–Trinajstić information content (AvgIpc) is 2.65. The molecule has 0 saturated carbocycles. The van der Waals surface area contributed by atoms with Crippen molar-refractivity contribution in [2.45, 2.75) is 19.9 Å². The van der Waals surface area contributed by atoms with E-state index in [-0.39, 0.29) is 17.2 Å². The highest BCUT2D eigenvalue weighted by molar-refractivity contribution is 6.09. The first-order chi connectivity index (χ1) is 12.8. The predicted octanol–water partition coefficient (Wildman–Crippen LogP) is 1.45. The van der Waals surface area contributed by atoms with Gasteiger partial charge in [-0.25, -0.2) is 0 Å². The van der Waals surface area contributed by atoms with Gasteiger partial charge in [0.1, 0.15) is 5.75 Å². The first-order valence-corrected chi connectivity index (χ1v) is 8.39. The number of aliphatic carboxylic acids is 1. The first-order valence-electron chi connectivity index (χ1n) is 8.39. The fourth-order valence-electron chi connectivity index (χ4n) is 2.44. The Morgan fingerprint density at radius 2 is 1.59 bits per heavy atom. The van der Waals surface area contributed by atoms with Gasteiger partial charge in [-0.3, -0.25) is 9.59 Å². The van der Waals surface area contributed by atoms with Crippen molar-refractivity contribution in [2.75, 3.05) is 12.4 Å². The van der Waals surface area contributed by atoms with E-state index in [9.17, 15) is 19.5 Å². The molecule has 0 aromatic heterocycles. The van der Waals surface area contributed by atoms with Gasteiger partial charge in [-0.15, -0.1) is 0 Å². The third-order valence-electron chi connectivity index (χ3n) is 3.98. The van der Waals surface area contributed by atoms with Crippen LogP contribution in [0, 0.1) is 5.92 Å². The minimum atomic E-state index is -1.36. The second-order valence-corrected chi connectivity index (χ2v) is 6.24. The number of carboxylic acid groups (broad SMARTS) is 1. The molecule has 0 unspecified atom stereocenters. The van der Waals surface area contributed by atoms with Crippen LogP contribution in [0.4, 0.5) is 5.69 Å². The highest BCUT2D eigenvalue weighted by Crippen LogP contribution is 2.18. The lowest BCUT2D eigenvalue weighted by molar-refractivity contribution is -0.309. The van der Waals surface area contributed by atoms with Crippen LogP contribution in [-0.2, 0) is 4.79 Å². The largest absolute Gasteiger partial charge is 0.548 e. The Labute approximate surface area is 157 Å². The van der Waals surface area contributed by atoms with Gasteiger partial charge in [-0.2, -0.15) is 0 Å². The van der Waals surface area contributed by atoms with Gasteiger partial charge in [-0.1, -0.05) is 26.0 Å². The number of carbonyl (C=O) groups is 3. The summed E-state index contributed by atoms with van der Waals surface area (Å²) >= 11 is 0. The van der Waals surface area contributed by atoms with Crippen LogP contribution < -0.4 is 20.5 Å². The molecule has 142 valence electrons. The molecule has 2 N–H and O–H groups in total. The topological polar surface area (TPSA) is 108 Å². The Balaban J connectivity index is 2.20. The van der Waals surface area contributed by atoms with Crippen LogP contribution >= 0.6 is 0 Å². The third-order valence-corrected chi connectivity index (χ3v) is 3.98. The number of ether oxygens (including phenoxy) is 1. The second kappa shape index (κ2) is 8.84. The van der Waals surface area contributed by atoms with Crippen LogP contribution in [0.1, 0.15) is 34.6 Å². The molecule has 7 nitrogen and oxygen atoms in total. The van der Waals surface area contributed by atoms with E-state index in [1.165, 1.54) is 13.2 Å². The van der Waals surface area contributed by atoms with Crippen molar-refractivity contribution in [2.24, 2.45) is 5.92 Å². The maximum absolute atomic E-state index is 12.5. The molecule has 2 aromatic carbocycles. The van der Waals surface area contributed by atoms with Gasteiger partial charge < -0.3 is 25.3 Å². The van der Waals surface area contributed by atoms with E-state index in [0.29, 0.717) is 11.3 Å². The number of carboxylic acids is 1. The van der Waals surface area contributed by atoms with E-state index in [1.807, 2.05) is 0 Å². The molecular formula is C20H21N2O5-. The highest BCUT2D eigenvalue weighted by atomic mass is 16.5. The van der Waals surface area contributed by atoms with Crippen molar-refractivity contribution in [1.82, 2.24) is 5.32 Å². The molecule has 2 aromatic rings. The number of para-hydroxylation sites is 1. The molecule has 2 rings (SSSR count). The molecule has 1 atom stereocenters. The van der Waals surface area contributed by atoms with Crippen LogP contribution in [0.25, 0.3) is 0 Å². The Hall–Kier alpha value is -3.35. The molecule has 0 bridgehead atoms. The van der Waals surface area contributed by atoms with Crippen molar-refractivity contribution in [1.29, 1.82) is 0 Å². The van der Waals surface area contributed by atoms with Gasteiger partial charge in [-0.05, 0) is 42.3 Å². The summed E-state index contributed by atoms with van der Waals surface area (Å²) in [5, 5.41) is 16.3. The van der Waals surface area contributed by atoms with Gasteiger partial charge in [0, 0.05) is 5.56 Å². The summed E-state index contributed by atoms with van der Waals surface area (Å²) in [7, 11) is 1.53. The standard InChI is InChI=1S/C20H22N2O5/c1-12(2)17(20(25)26)22-19(24)15-6-4-5-7-16(15)21-18(23)13-8-10-14(27-3)11-9-13/h4-12,17H,1-3H3,(H,21,23)(H,22,24)(H,25,26)/p-1/t17-/m0/s1. The third kappa shape index (κ3) is 5.07. The van der Waals surface area contributed by atoms with E-state index in [2.05, 4.69) is 10.6 Å².